The summed E-state index contributed by atoms with van der Waals surface area (Å²) in [5.74, 6) is 0. The molecule has 0 atom stereocenters. The van der Waals surface area contributed by atoms with Crippen LogP contribution in [0.25, 0.3) is 22.5 Å². The Hall–Kier alpha value is -3.26. The van der Waals surface area contributed by atoms with Crippen LogP contribution in [0.1, 0.15) is 25.0 Å². The van der Waals surface area contributed by atoms with E-state index in [1.54, 1.807) is 0 Å². The summed E-state index contributed by atoms with van der Waals surface area (Å²) in [6.45, 7) is 4.38. The van der Waals surface area contributed by atoms with E-state index in [9.17, 15) is 0 Å². The lowest BCUT2D eigenvalue weighted by molar-refractivity contribution is -0.596. The van der Waals surface area contributed by atoms with Gasteiger partial charge in [-0.2, -0.15) is 9.13 Å². The van der Waals surface area contributed by atoms with E-state index < -0.39 is 0 Å². The van der Waals surface area contributed by atoms with E-state index >= 15 is 0 Å². The Bertz CT molecular complexity index is 975. The predicted molar refractivity (Wildman–Crippen MR) is 114 cm³/mol. The van der Waals surface area contributed by atoms with Crippen molar-refractivity contribution in [1.29, 1.82) is 0 Å². The molecule has 0 fully saturated rings. The van der Waals surface area contributed by atoms with Gasteiger partial charge in [-0.3, -0.25) is 0 Å². The van der Waals surface area contributed by atoms with Gasteiger partial charge in [-0.05, 0) is 35.1 Å². The molecule has 2 aromatic heterocycles. The second-order valence-corrected chi connectivity index (χ2v) is 7.04. The van der Waals surface area contributed by atoms with Crippen LogP contribution in [0, 0.1) is 0 Å². The SMILES string of the molecule is CCc1cccc(-[n+]2ccc(-c3cc[n+](-c4cccc(CC)c4)cc3)cc2)c1. The Kier molecular flexibility index (Phi) is 5.29. The van der Waals surface area contributed by atoms with E-state index in [1.165, 1.54) is 33.6 Å². The van der Waals surface area contributed by atoms with E-state index in [1.807, 2.05) is 0 Å². The third-order valence-corrected chi connectivity index (χ3v) is 5.23. The Labute approximate surface area is 167 Å². The number of hydrogen-bond donors (Lipinski definition) is 0. The number of pyridine rings is 2. The molecule has 4 aromatic rings. The predicted octanol–water partition coefficient (Wildman–Crippen LogP) is 5.03. The molecule has 2 heteroatoms. The summed E-state index contributed by atoms with van der Waals surface area (Å²) in [6, 6.07) is 26.1. The lowest BCUT2D eigenvalue weighted by Gasteiger charge is -2.03. The van der Waals surface area contributed by atoms with Crippen molar-refractivity contribution >= 4 is 0 Å². The van der Waals surface area contributed by atoms with E-state index in [0.29, 0.717) is 0 Å². The van der Waals surface area contributed by atoms with Gasteiger partial charge in [0.2, 0.25) is 11.4 Å². The minimum absolute atomic E-state index is 1.05. The van der Waals surface area contributed by atoms with Crippen LogP contribution in [-0.2, 0) is 12.8 Å². The molecular formula is C26H26N2+2. The van der Waals surface area contributed by atoms with Crippen molar-refractivity contribution in [2.24, 2.45) is 0 Å². The van der Waals surface area contributed by atoms with E-state index in [-0.39, 0.29) is 0 Å². The lowest BCUT2D eigenvalue weighted by atomic mass is 10.1. The zero-order valence-corrected chi connectivity index (χ0v) is 16.5. The molecule has 0 unspecified atom stereocenters. The quantitative estimate of drug-likeness (QED) is 0.438. The molecule has 28 heavy (non-hydrogen) atoms. The number of aryl methyl sites for hydroxylation is 2. The third kappa shape index (κ3) is 3.86. The minimum Gasteiger partial charge on any atom is -0.167 e. The van der Waals surface area contributed by atoms with Crippen molar-refractivity contribution in [1.82, 2.24) is 0 Å². The highest BCUT2D eigenvalue weighted by Gasteiger charge is 2.10. The van der Waals surface area contributed by atoms with Crippen LogP contribution in [0.5, 0.6) is 0 Å². The summed E-state index contributed by atoms with van der Waals surface area (Å²) in [4.78, 5) is 0. The van der Waals surface area contributed by atoms with Gasteiger partial charge in [0, 0.05) is 48.5 Å². The van der Waals surface area contributed by atoms with E-state index in [4.69, 9.17) is 0 Å². The molecule has 0 N–H and O–H groups in total. The molecule has 138 valence electrons. The zero-order chi connectivity index (χ0) is 19.3. The fourth-order valence-electron chi connectivity index (χ4n) is 3.46. The molecule has 0 aliphatic heterocycles. The highest BCUT2D eigenvalue weighted by atomic mass is 14.9. The summed E-state index contributed by atoms with van der Waals surface area (Å²) >= 11 is 0. The smallest absolute Gasteiger partial charge is 0.167 e. The molecule has 0 saturated heterocycles. The third-order valence-electron chi connectivity index (χ3n) is 5.23. The molecule has 4 rings (SSSR count). The van der Waals surface area contributed by atoms with Crippen LogP contribution in [0.2, 0.25) is 0 Å². The Morgan fingerprint density at radius 1 is 0.536 bits per heavy atom. The number of hydrogen-bond acceptors (Lipinski definition) is 0. The summed E-state index contributed by atoms with van der Waals surface area (Å²) in [7, 11) is 0. The van der Waals surface area contributed by atoms with Gasteiger partial charge >= 0.3 is 0 Å². The maximum absolute atomic E-state index is 2.25. The lowest BCUT2D eigenvalue weighted by Crippen LogP contribution is -2.30. The molecule has 0 amide bonds. The molecular weight excluding hydrogens is 340 g/mol. The molecule has 0 spiro atoms. The van der Waals surface area contributed by atoms with Gasteiger partial charge in [0.1, 0.15) is 0 Å². The van der Waals surface area contributed by atoms with Gasteiger partial charge in [-0.25, -0.2) is 0 Å². The molecule has 0 aliphatic carbocycles. The summed E-state index contributed by atoms with van der Waals surface area (Å²) in [5.41, 5.74) is 7.55. The van der Waals surface area contributed by atoms with Gasteiger partial charge in [0.05, 0.1) is 0 Å². The maximum atomic E-state index is 2.25. The number of aromatic nitrogens is 2. The highest BCUT2D eigenvalue weighted by molar-refractivity contribution is 5.61. The average molecular weight is 367 g/mol. The summed E-state index contributed by atoms with van der Waals surface area (Å²) in [6.07, 6.45) is 10.6. The van der Waals surface area contributed by atoms with Crippen molar-refractivity contribution in [3.05, 3.63) is 109 Å². The fraction of sp³-hybridized carbons (Fsp3) is 0.154. The number of benzene rings is 2. The first kappa shape index (κ1) is 18.1. The topological polar surface area (TPSA) is 7.76 Å². The number of nitrogens with zero attached hydrogens (tertiary/aromatic N) is 2. The van der Waals surface area contributed by atoms with Crippen LogP contribution >= 0.6 is 0 Å². The summed E-state index contributed by atoms with van der Waals surface area (Å²) in [5, 5.41) is 0. The maximum Gasteiger partial charge on any atom is 0.210 e. The van der Waals surface area contributed by atoms with Crippen LogP contribution in [-0.4, -0.2) is 0 Å². The van der Waals surface area contributed by atoms with Crippen molar-refractivity contribution < 1.29 is 9.13 Å². The molecule has 2 nitrogen and oxygen atoms in total. The Morgan fingerprint density at radius 2 is 0.929 bits per heavy atom. The van der Waals surface area contributed by atoms with Crippen molar-refractivity contribution in [3.8, 4) is 22.5 Å². The van der Waals surface area contributed by atoms with Crippen molar-refractivity contribution in [2.45, 2.75) is 26.7 Å². The first-order chi connectivity index (χ1) is 13.8. The van der Waals surface area contributed by atoms with Gasteiger partial charge in [0.25, 0.3) is 0 Å². The second kappa shape index (κ2) is 8.18. The molecule has 0 bridgehead atoms. The fourth-order valence-corrected chi connectivity index (χ4v) is 3.46. The Morgan fingerprint density at radius 3 is 1.29 bits per heavy atom. The average Bonchev–Trinajstić information content (AvgIpc) is 2.79. The molecule has 0 aliphatic rings. The first-order valence-corrected chi connectivity index (χ1v) is 9.98. The van der Waals surface area contributed by atoms with Crippen LogP contribution in [0.3, 0.4) is 0 Å². The van der Waals surface area contributed by atoms with Crippen molar-refractivity contribution in [2.75, 3.05) is 0 Å². The van der Waals surface area contributed by atoms with Crippen LogP contribution in [0.4, 0.5) is 0 Å². The first-order valence-electron chi connectivity index (χ1n) is 9.98. The molecule has 0 saturated carbocycles. The number of rotatable bonds is 5. The molecule has 2 heterocycles. The van der Waals surface area contributed by atoms with Crippen LogP contribution < -0.4 is 9.13 Å². The normalized spacial score (nSPS) is 10.8. The monoisotopic (exact) mass is 366 g/mol. The zero-order valence-electron chi connectivity index (χ0n) is 16.5. The summed E-state index contributed by atoms with van der Waals surface area (Å²) < 4.78 is 4.34. The largest absolute Gasteiger partial charge is 0.210 e. The van der Waals surface area contributed by atoms with Gasteiger partial charge < -0.3 is 0 Å². The minimum atomic E-state index is 1.05. The van der Waals surface area contributed by atoms with Gasteiger partial charge in [0.15, 0.2) is 24.8 Å². The van der Waals surface area contributed by atoms with Gasteiger partial charge in [-0.1, -0.05) is 38.1 Å². The molecule has 2 aromatic carbocycles. The van der Waals surface area contributed by atoms with E-state index in [2.05, 4.69) is 121 Å². The standard InChI is InChI=1S/C26H26N2/c1-3-21-7-5-9-25(19-21)27-15-11-23(12-16-27)24-13-17-28(18-14-24)26-10-6-8-22(4-2)20-26/h5-20H,3-4H2,1-2H3/q+2. The van der Waals surface area contributed by atoms with Crippen molar-refractivity contribution in [3.63, 3.8) is 0 Å². The highest BCUT2D eigenvalue weighted by Crippen LogP contribution is 2.17. The van der Waals surface area contributed by atoms with E-state index in [0.717, 1.165) is 12.8 Å². The second-order valence-electron chi connectivity index (χ2n) is 7.04. The molecule has 0 radical (unpaired) electrons. The van der Waals surface area contributed by atoms with Crippen LogP contribution in [0.15, 0.2) is 97.6 Å². The van der Waals surface area contributed by atoms with Gasteiger partial charge in [-0.15, -0.1) is 0 Å². The Balaban J connectivity index is 1.57.